The number of fused-ring (bicyclic) bond motifs is 1. The molecule has 1 aliphatic heterocycles. The third-order valence-electron chi connectivity index (χ3n) is 3.16. The maximum absolute atomic E-state index is 10.7. The standard InChI is InChI=1S/C9H15NO2/c11-9(12)8-5-6-3-1-2-4-7(6)10-8/h6-8,10H,1-5H2,(H,11,12)/t6?,7-,8?/m0/s1. The first-order chi connectivity index (χ1) is 5.77. The van der Waals surface area contributed by atoms with Crippen LogP contribution in [0.4, 0.5) is 0 Å². The van der Waals surface area contributed by atoms with Crippen LogP contribution in [-0.4, -0.2) is 23.2 Å². The van der Waals surface area contributed by atoms with Crippen LogP contribution < -0.4 is 5.32 Å². The van der Waals surface area contributed by atoms with Gasteiger partial charge in [0.05, 0.1) is 0 Å². The van der Waals surface area contributed by atoms with Gasteiger partial charge in [0, 0.05) is 6.04 Å². The van der Waals surface area contributed by atoms with Gasteiger partial charge in [-0.1, -0.05) is 12.8 Å². The molecule has 2 unspecified atom stereocenters. The molecule has 2 aliphatic rings. The highest BCUT2D eigenvalue weighted by atomic mass is 16.4. The Labute approximate surface area is 72.2 Å². The minimum Gasteiger partial charge on any atom is -0.480 e. The molecule has 12 heavy (non-hydrogen) atoms. The second-order valence-electron chi connectivity index (χ2n) is 3.94. The molecule has 0 amide bonds. The Bertz CT molecular complexity index is 179. The van der Waals surface area contributed by atoms with Gasteiger partial charge in [0.15, 0.2) is 0 Å². The van der Waals surface area contributed by atoms with Gasteiger partial charge in [-0.15, -0.1) is 0 Å². The van der Waals surface area contributed by atoms with Gasteiger partial charge < -0.3 is 10.4 Å². The lowest BCUT2D eigenvalue weighted by Gasteiger charge is -2.24. The number of carboxylic acid groups (broad SMARTS) is 1. The summed E-state index contributed by atoms with van der Waals surface area (Å²) in [5.41, 5.74) is 0. The fourth-order valence-electron chi connectivity index (χ4n) is 2.51. The second kappa shape index (κ2) is 3.05. The predicted octanol–water partition coefficient (Wildman–Crippen LogP) is 0.992. The second-order valence-corrected chi connectivity index (χ2v) is 3.94. The Morgan fingerprint density at radius 2 is 2.08 bits per heavy atom. The average Bonchev–Trinajstić information content (AvgIpc) is 2.46. The summed E-state index contributed by atoms with van der Waals surface area (Å²) >= 11 is 0. The third kappa shape index (κ3) is 1.33. The lowest BCUT2D eigenvalue weighted by Crippen LogP contribution is -2.36. The number of rotatable bonds is 1. The van der Waals surface area contributed by atoms with Gasteiger partial charge >= 0.3 is 5.97 Å². The van der Waals surface area contributed by atoms with E-state index in [1.165, 1.54) is 25.7 Å². The van der Waals surface area contributed by atoms with Gasteiger partial charge in [-0.3, -0.25) is 4.79 Å². The van der Waals surface area contributed by atoms with E-state index in [-0.39, 0.29) is 6.04 Å². The first kappa shape index (κ1) is 8.05. The zero-order valence-corrected chi connectivity index (χ0v) is 7.12. The van der Waals surface area contributed by atoms with Crippen LogP contribution in [0, 0.1) is 5.92 Å². The minimum atomic E-state index is -0.676. The van der Waals surface area contributed by atoms with E-state index in [1.807, 2.05) is 0 Å². The molecule has 3 nitrogen and oxygen atoms in total. The first-order valence-corrected chi connectivity index (χ1v) is 4.76. The van der Waals surface area contributed by atoms with Gasteiger partial charge in [0.2, 0.25) is 0 Å². The molecule has 2 N–H and O–H groups in total. The van der Waals surface area contributed by atoms with Crippen LogP contribution in [0.3, 0.4) is 0 Å². The molecule has 1 aliphatic carbocycles. The molecule has 1 saturated heterocycles. The van der Waals surface area contributed by atoms with Gasteiger partial charge in [0.1, 0.15) is 6.04 Å². The molecule has 2 fully saturated rings. The van der Waals surface area contributed by atoms with E-state index in [1.54, 1.807) is 0 Å². The number of aliphatic carboxylic acids is 1. The Balaban J connectivity index is 1.98. The van der Waals surface area contributed by atoms with Gasteiger partial charge in [-0.05, 0) is 25.2 Å². The van der Waals surface area contributed by atoms with Gasteiger partial charge in [0.25, 0.3) is 0 Å². The lowest BCUT2D eigenvalue weighted by atomic mass is 9.85. The molecule has 3 atom stereocenters. The SMILES string of the molecule is O=C(O)C1CC2CCCC[C@@H]2N1. The van der Waals surface area contributed by atoms with E-state index in [0.29, 0.717) is 12.0 Å². The smallest absolute Gasteiger partial charge is 0.320 e. The van der Waals surface area contributed by atoms with Crippen LogP contribution in [0.5, 0.6) is 0 Å². The summed E-state index contributed by atoms with van der Waals surface area (Å²) < 4.78 is 0. The average molecular weight is 169 g/mol. The molecule has 0 spiro atoms. The minimum absolute atomic E-state index is 0.266. The molecular weight excluding hydrogens is 154 g/mol. The van der Waals surface area contributed by atoms with Crippen molar-refractivity contribution < 1.29 is 9.90 Å². The Hall–Kier alpha value is -0.570. The van der Waals surface area contributed by atoms with E-state index >= 15 is 0 Å². The monoisotopic (exact) mass is 169 g/mol. The molecule has 0 aromatic heterocycles. The molecule has 0 aromatic carbocycles. The summed E-state index contributed by atoms with van der Waals surface area (Å²) in [6, 6.07) is 0.234. The molecule has 3 heteroatoms. The summed E-state index contributed by atoms with van der Waals surface area (Å²) in [4.78, 5) is 10.7. The quantitative estimate of drug-likeness (QED) is 0.615. The summed E-state index contributed by atoms with van der Waals surface area (Å²) in [7, 11) is 0. The maximum Gasteiger partial charge on any atom is 0.320 e. The van der Waals surface area contributed by atoms with E-state index in [2.05, 4.69) is 5.32 Å². The van der Waals surface area contributed by atoms with Crippen molar-refractivity contribution >= 4 is 5.97 Å². The van der Waals surface area contributed by atoms with Crippen molar-refractivity contribution in [3.05, 3.63) is 0 Å². The first-order valence-electron chi connectivity index (χ1n) is 4.76. The van der Waals surface area contributed by atoms with E-state index in [0.717, 1.165) is 6.42 Å². The molecule has 68 valence electrons. The fourth-order valence-corrected chi connectivity index (χ4v) is 2.51. The molecule has 2 rings (SSSR count). The number of carboxylic acids is 1. The zero-order valence-electron chi connectivity index (χ0n) is 7.12. The van der Waals surface area contributed by atoms with Crippen molar-refractivity contribution in [2.75, 3.05) is 0 Å². The summed E-state index contributed by atoms with van der Waals surface area (Å²) in [5, 5.41) is 12.0. The van der Waals surface area contributed by atoms with Crippen LogP contribution in [0.1, 0.15) is 32.1 Å². The van der Waals surface area contributed by atoms with Crippen molar-refractivity contribution in [2.45, 2.75) is 44.2 Å². The van der Waals surface area contributed by atoms with Crippen LogP contribution in [-0.2, 0) is 4.79 Å². The van der Waals surface area contributed by atoms with E-state index in [9.17, 15) is 4.79 Å². The maximum atomic E-state index is 10.7. The van der Waals surface area contributed by atoms with Crippen molar-refractivity contribution in [1.29, 1.82) is 0 Å². The fraction of sp³-hybridized carbons (Fsp3) is 0.889. The number of nitrogens with one attached hydrogen (secondary N) is 1. The van der Waals surface area contributed by atoms with Crippen LogP contribution >= 0.6 is 0 Å². The lowest BCUT2D eigenvalue weighted by molar-refractivity contribution is -0.139. The highest BCUT2D eigenvalue weighted by Crippen LogP contribution is 2.32. The summed E-state index contributed by atoms with van der Waals surface area (Å²) in [6.07, 6.45) is 5.80. The van der Waals surface area contributed by atoms with Crippen molar-refractivity contribution in [2.24, 2.45) is 5.92 Å². The van der Waals surface area contributed by atoms with Crippen LogP contribution in [0.15, 0.2) is 0 Å². The molecule has 0 radical (unpaired) electrons. The molecule has 0 aromatic rings. The Morgan fingerprint density at radius 3 is 2.75 bits per heavy atom. The van der Waals surface area contributed by atoms with E-state index < -0.39 is 5.97 Å². The molecular formula is C9H15NO2. The Morgan fingerprint density at radius 1 is 1.33 bits per heavy atom. The highest BCUT2D eigenvalue weighted by molar-refractivity contribution is 5.74. The molecule has 0 bridgehead atoms. The number of hydrogen-bond donors (Lipinski definition) is 2. The normalized spacial score (nSPS) is 40.8. The molecule has 1 heterocycles. The zero-order chi connectivity index (χ0) is 8.55. The van der Waals surface area contributed by atoms with Gasteiger partial charge in [-0.2, -0.15) is 0 Å². The van der Waals surface area contributed by atoms with Gasteiger partial charge in [-0.25, -0.2) is 0 Å². The number of carbonyl (C=O) groups is 1. The number of hydrogen-bond acceptors (Lipinski definition) is 2. The largest absolute Gasteiger partial charge is 0.480 e. The van der Waals surface area contributed by atoms with Crippen molar-refractivity contribution in [1.82, 2.24) is 5.32 Å². The Kier molecular flexibility index (Phi) is 2.05. The van der Waals surface area contributed by atoms with E-state index in [4.69, 9.17) is 5.11 Å². The van der Waals surface area contributed by atoms with Crippen molar-refractivity contribution in [3.8, 4) is 0 Å². The summed E-state index contributed by atoms with van der Waals surface area (Å²) in [5.74, 6) is -0.0377. The highest BCUT2D eigenvalue weighted by Gasteiger charge is 2.37. The molecule has 1 saturated carbocycles. The van der Waals surface area contributed by atoms with Crippen LogP contribution in [0.25, 0.3) is 0 Å². The summed E-state index contributed by atoms with van der Waals surface area (Å²) in [6.45, 7) is 0. The van der Waals surface area contributed by atoms with Crippen LogP contribution in [0.2, 0.25) is 0 Å². The van der Waals surface area contributed by atoms with Crippen molar-refractivity contribution in [3.63, 3.8) is 0 Å². The third-order valence-corrected chi connectivity index (χ3v) is 3.16. The predicted molar refractivity (Wildman–Crippen MR) is 44.9 cm³/mol. The topological polar surface area (TPSA) is 49.3 Å².